The van der Waals surface area contributed by atoms with E-state index in [0.29, 0.717) is 16.4 Å². The fourth-order valence-electron chi connectivity index (χ4n) is 1.49. The number of nitrogens with one attached hydrogen (secondary N) is 1. The van der Waals surface area contributed by atoms with Crippen molar-refractivity contribution in [3.63, 3.8) is 0 Å². The second-order valence-corrected chi connectivity index (χ2v) is 5.13. The third-order valence-electron chi connectivity index (χ3n) is 2.57. The quantitative estimate of drug-likeness (QED) is 0.581. The second-order valence-electron chi connectivity index (χ2n) is 3.95. The predicted octanol–water partition coefficient (Wildman–Crippen LogP) is 1.48. The maximum absolute atomic E-state index is 7.50. The van der Waals surface area contributed by atoms with Gasteiger partial charge in [-0.25, -0.2) is 4.98 Å². The summed E-state index contributed by atoms with van der Waals surface area (Å²) in [6.45, 7) is 3.90. The van der Waals surface area contributed by atoms with Crippen molar-refractivity contribution in [3.05, 3.63) is 40.2 Å². The minimum atomic E-state index is -0.0900. The molecule has 0 atom stereocenters. The number of aryl methyl sites for hydroxylation is 2. The lowest BCUT2D eigenvalue weighted by atomic mass is 10.1. The molecule has 0 aromatic carbocycles. The highest BCUT2D eigenvalue weighted by atomic mass is 32.1. The van der Waals surface area contributed by atoms with Gasteiger partial charge in [-0.05, 0) is 26.0 Å². The number of aromatic nitrogens is 2. The van der Waals surface area contributed by atoms with E-state index < -0.39 is 0 Å². The first kappa shape index (κ1) is 13.2. The molecule has 0 aliphatic rings. The third kappa shape index (κ3) is 2.76. The summed E-state index contributed by atoms with van der Waals surface area (Å²) in [6.07, 6.45) is 1.59. The van der Waals surface area contributed by atoms with Gasteiger partial charge in [0, 0.05) is 16.6 Å². The summed E-state index contributed by atoms with van der Waals surface area (Å²) in [5.74, 6) is 0.118. The fourth-order valence-corrected chi connectivity index (χ4v) is 2.28. The fraction of sp³-hybridized carbons (Fsp3) is 0.167. The molecule has 0 spiro atoms. The molecule has 0 saturated carbocycles. The number of pyridine rings is 1. The number of nitrogen functional groups attached to an aromatic ring is 1. The van der Waals surface area contributed by atoms with Crippen LogP contribution in [0, 0.1) is 19.3 Å². The Balaban J connectivity index is 2.44. The normalized spacial score (nSPS) is 11.6. The highest BCUT2D eigenvalue weighted by Crippen LogP contribution is 2.24. The van der Waals surface area contributed by atoms with Gasteiger partial charge < -0.3 is 11.5 Å². The molecule has 0 amide bonds. The summed E-state index contributed by atoms with van der Waals surface area (Å²) < 4.78 is 0. The van der Waals surface area contributed by atoms with Crippen LogP contribution in [0.25, 0.3) is 0 Å². The standard InChI is InChI=1S/C12H14N6S/c1-6-7(2)19-12(17-6)18-11(15)9-8(10(13)14)4-3-5-16-9/h3-5H,1-2H3,(H3,13,14)(H2,15,17,18). The van der Waals surface area contributed by atoms with Crippen LogP contribution < -0.4 is 11.5 Å². The number of nitrogens with zero attached hydrogens (tertiary/aromatic N) is 3. The first-order chi connectivity index (χ1) is 8.99. The molecule has 0 fully saturated rings. The van der Waals surface area contributed by atoms with E-state index in [1.165, 1.54) is 11.3 Å². The number of rotatable bonds is 3. The third-order valence-corrected chi connectivity index (χ3v) is 3.54. The highest BCUT2D eigenvalue weighted by Gasteiger charge is 2.11. The van der Waals surface area contributed by atoms with Crippen molar-refractivity contribution in [1.29, 1.82) is 5.41 Å². The second kappa shape index (κ2) is 5.15. The Morgan fingerprint density at radius 3 is 2.68 bits per heavy atom. The van der Waals surface area contributed by atoms with Gasteiger partial charge in [0.1, 0.15) is 11.5 Å². The first-order valence-electron chi connectivity index (χ1n) is 5.57. The molecule has 0 unspecified atom stereocenters. The number of aliphatic imine (C=N–C) groups is 1. The average Bonchev–Trinajstić information content (AvgIpc) is 2.68. The van der Waals surface area contributed by atoms with Crippen LogP contribution in [0.15, 0.2) is 23.3 Å². The average molecular weight is 274 g/mol. The lowest BCUT2D eigenvalue weighted by Crippen LogP contribution is -2.22. The monoisotopic (exact) mass is 274 g/mol. The molecular formula is C12H14N6S. The van der Waals surface area contributed by atoms with Crippen LogP contribution in [0.2, 0.25) is 0 Å². The van der Waals surface area contributed by atoms with E-state index >= 15 is 0 Å². The van der Waals surface area contributed by atoms with Crippen LogP contribution in [-0.2, 0) is 0 Å². The van der Waals surface area contributed by atoms with Gasteiger partial charge in [0.25, 0.3) is 0 Å². The summed E-state index contributed by atoms with van der Waals surface area (Å²) in [7, 11) is 0. The maximum Gasteiger partial charge on any atom is 0.211 e. The van der Waals surface area contributed by atoms with E-state index in [1.54, 1.807) is 18.3 Å². The van der Waals surface area contributed by atoms with Gasteiger partial charge >= 0.3 is 0 Å². The highest BCUT2D eigenvalue weighted by molar-refractivity contribution is 7.15. The Kier molecular flexibility index (Phi) is 3.57. The van der Waals surface area contributed by atoms with Crippen molar-refractivity contribution < 1.29 is 0 Å². The molecule has 98 valence electrons. The number of amidine groups is 2. The van der Waals surface area contributed by atoms with Gasteiger partial charge in [-0.15, -0.1) is 0 Å². The Bertz CT molecular complexity index is 638. The molecule has 0 aliphatic heterocycles. The van der Waals surface area contributed by atoms with Crippen LogP contribution in [0.4, 0.5) is 5.13 Å². The lowest BCUT2D eigenvalue weighted by Gasteiger charge is -2.05. The van der Waals surface area contributed by atoms with E-state index in [0.717, 1.165) is 10.6 Å². The Labute approximate surface area is 114 Å². The van der Waals surface area contributed by atoms with Crippen LogP contribution in [0.3, 0.4) is 0 Å². The smallest absolute Gasteiger partial charge is 0.211 e. The van der Waals surface area contributed by atoms with E-state index in [4.69, 9.17) is 16.9 Å². The zero-order valence-corrected chi connectivity index (χ0v) is 11.5. The van der Waals surface area contributed by atoms with Crippen LogP contribution in [0.5, 0.6) is 0 Å². The Hall–Kier alpha value is -2.28. The van der Waals surface area contributed by atoms with Gasteiger partial charge in [0.05, 0.1) is 5.69 Å². The van der Waals surface area contributed by atoms with Crippen LogP contribution in [0.1, 0.15) is 21.8 Å². The topological polar surface area (TPSA) is 114 Å². The van der Waals surface area contributed by atoms with E-state index in [9.17, 15) is 0 Å². The molecule has 0 bridgehead atoms. The number of hydrogen-bond donors (Lipinski definition) is 3. The largest absolute Gasteiger partial charge is 0.384 e. The van der Waals surface area contributed by atoms with Crippen molar-refractivity contribution in [2.24, 2.45) is 16.5 Å². The first-order valence-corrected chi connectivity index (χ1v) is 6.38. The van der Waals surface area contributed by atoms with Gasteiger partial charge in [-0.1, -0.05) is 11.3 Å². The van der Waals surface area contributed by atoms with Crippen molar-refractivity contribution in [2.75, 3.05) is 0 Å². The number of nitrogens with two attached hydrogens (primary N) is 2. The maximum atomic E-state index is 7.50. The summed E-state index contributed by atoms with van der Waals surface area (Å²) in [5.41, 5.74) is 13.2. The molecule has 0 aliphatic carbocycles. The van der Waals surface area contributed by atoms with Crippen LogP contribution >= 0.6 is 11.3 Å². The predicted molar refractivity (Wildman–Crippen MR) is 77.2 cm³/mol. The molecule has 0 radical (unpaired) electrons. The van der Waals surface area contributed by atoms with Gasteiger partial charge in [-0.2, -0.15) is 4.99 Å². The minimum Gasteiger partial charge on any atom is -0.384 e. The van der Waals surface area contributed by atoms with Gasteiger partial charge in [0.15, 0.2) is 5.84 Å². The zero-order valence-electron chi connectivity index (χ0n) is 10.6. The Morgan fingerprint density at radius 1 is 1.37 bits per heavy atom. The molecule has 5 N–H and O–H groups in total. The van der Waals surface area contributed by atoms with E-state index in [2.05, 4.69) is 15.0 Å². The molecule has 2 aromatic rings. The molecule has 19 heavy (non-hydrogen) atoms. The van der Waals surface area contributed by atoms with Crippen LogP contribution in [-0.4, -0.2) is 21.6 Å². The summed E-state index contributed by atoms with van der Waals surface area (Å²) in [4.78, 5) is 13.8. The molecule has 0 saturated heterocycles. The van der Waals surface area contributed by atoms with Gasteiger partial charge in [-0.3, -0.25) is 10.4 Å². The van der Waals surface area contributed by atoms with E-state index in [-0.39, 0.29) is 11.7 Å². The Morgan fingerprint density at radius 2 is 2.11 bits per heavy atom. The molecule has 7 heteroatoms. The molecule has 6 nitrogen and oxygen atoms in total. The lowest BCUT2D eigenvalue weighted by molar-refractivity contribution is 1.20. The minimum absolute atomic E-state index is 0.0900. The van der Waals surface area contributed by atoms with E-state index in [1.807, 2.05) is 13.8 Å². The SMILES string of the molecule is Cc1nc(/N=C(\N)c2ncccc2C(=N)N)sc1C. The molecule has 2 heterocycles. The van der Waals surface area contributed by atoms with Crippen molar-refractivity contribution in [3.8, 4) is 0 Å². The number of thiazole rings is 1. The zero-order chi connectivity index (χ0) is 14.0. The summed E-state index contributed by atoms with van der Waals surface area (Å²) in [5, 5.41) is 8.08. The number of hydrogen-bond acceptors (Lipinski definition) is 5. The van der Waals surface area contributed by atoms with Gasteiger partial charge in [0.2, 0.25) is 5.13 Å². The van der Waals surface area contributed by atoms with Crippen molar-refractivity contribution >= 4 is 28.1 Å². The van der Waals surface area contributed by atoms with Crippen molar-refractivity contribution in [2.45, 2.75) is 13.8 Å². The van der Waals surface area contributed by atoms with Crippen molar-refractivity contribution in [1.82, 2.24) is 9.97 Å². The summed E-state index contributed by atoms with van der Waals surface area (Å²) in [6, 6.07) is 3.39. The molecule has 2 rings (SSSR count). The molecular weight excluding hydrogens is 260 g/mol. The summed E-state index contributed by atoms with van der Waals surface area (Å²) >= 11 is 1.46. The molecule has 2 aromatic heterocycles.